The number of anilines is 3. The van der Waals surface area contributed by atoms with Gasteiger partial charge in [-0.2, -0.15) is 4.98 Å². The predicted octanol–water partition coefficient (Wildman–Crippen LogP) is 2.92. The van der Waals surface area contributed by atoms with Crippen molar-refractivity contribution in [1.82, 2.24) is 9.97 Å². The molecule has 20 heavy (non-hydrogen) atoms. The van der Waals surface area contributed by atoms with Crippen LogP contribution in [0.4, 0.5) is 17.2 Å². The molecule has 0 saturated carbocycles. The topological polar surface area (TPSA) is 64.3 Å². The molecule has 1 heterocycles. The average Bonchev–Trinajstić information content (AvgIpc) is 2.44. The van der Waals surface area contributed by atoms with Crippen LogP contribution in [0.5, 0.6) is 5.88 Å². The van der Waals surface area contributed by atoms with Crippen LogP contribution in [0.1, 0.15) is 19.4 Å². The molecule has 0 aliphatic rings. The molecule has 0 spiro atoms. The van der Waals surface area contributed by atoms with E-state index in [4.69, 9.17) is 10.5 Å². The zero-order valence-electron chi connectivity index (χ0n) is 12.1. The highest BCUT2D eigenvalue weighted by Gasteiger charge is 2.16. The van der Waals surface area contributed by atoms with Gasteiger partial charge in [-0.05, 0) is 38.5 Å². The number of nitrogens with two attached hydrogens (primary N) is 1. The minimum absolute atomic E-state index is 0.434. The Labute approximate surface area is 119 Å². The van der Waals surface area contributed by atoms with Gasteiger partial charge in [-0.1, -0.05) is 12.1 Å². The van der Waals surface area contributed by atoms with E-state index in [1.54, 1.807) is 0 Å². The summed E-state index contributed by atoms with van der Waals surface area (Å²) in [6.45, 7) is 7.31. The largest absolute Gasteiger partial charge is 0.476 e. The van der Waals surface area contributed by atoms with Gasteiger partial charge in [-0.3, -0.25) is 0 Å². The van der Waals surface area contributed by atoms with Gasteiger partial charge in [0.25, 0.3) is 0 Å². The van der Waals surface area contributed by atoms with Crippen LogP contribution in [0, 0.1) is 6.92 Å². The minimum atomic E-state index is 0.434. The zero-order valence-corrected chi connectivity index (χ0v) is 12.1. The fraction of sp³-hybridized carbons (Fsp3) is 0.333. The molecule has 2 aromatic rings. The smallest absolute Gasteiger partial charge is 0.242 e. The van der Waals surface area contributed by atoms with Crippen LogP contribution >= 0.6 is 0 Å². The van der Waals surface area contributed by atoms with Crippen LogP contribution in [-0.4, -0.2) is 23.1 Å². The second-order valence-electron chi connectivity index (χ2n) is 4.43. The summed E-state index contributed by atoms with van der Waals surface area (Å²) in [5.41, 5.74) is 8.85. The van der Waals surface area contributed by atoms with Gasteiger partial charge in [0.15, 0.2) is 5.82 Å². The van der Waals surface area contributed by atoms with Crippen LogP contribution in [0.3, 0.4) is 0 Å². The first kappa shape index (κ1) is 14.1. The summed E-state index contributed by atoms with van der Waals surface area (Å²) in [4.78, 5) is 10.4. The normalized spacial score (nSPS) is 10.3. The van der Waals surface area contributed by atoms with E-state index in [0.717, 1.165) is 12.2 Å². The third-order valence-corrected chi connectivity index (χ3v) is 2.99. The van der Waals surface area contributed by atoms with Crippen LogP contribution < -0.4 is 15.4 Å². The van der Waals surface area contributed by atoms with Gasteiger partial charge in [0.05, 0.1) is 6.61 Å². The maximum atomic E-state index is 6.13. The first-order valence-corrected chi connectivity index (χ1v) is 6.74. The van der Waals surface area contributed by atoms with E-state index in [0.29, 0.717) is 24.0 Å². The summed E-state index contributed by atoms with van der Waals surface area (Å²) in [6.07, 6.45) is 1.48. The molecule has 0 unspecified atom stereocenters. The molecule has 0 fully saturated rings. The van der Waals surface area contributed by atoms with Gasteiger partial charge >= 0.3 is 0 Å². The highest BCUT2D eigenvalue weighted by Crippen LogP contribution is 2.32. The van der Waals surface area contributed by atoms with Gasteiger partial charge in [0, 0.05) is 12.2 Å². The van der Waals surface area contributed by atoms with E-state index >= 15 is 0 Å². The van der Waals surface area contributed by atoms with Gasteiger partial charge in [0.1, 0.15) is 12.0 Å². The van der Waals surface area contributed by atoms with Gasteiger partial charge in [-0.15, -0.1) is 0 Å². The SMILES string of the molecule is CCOc1ncnc(N(CC)c2cccc(C)c2)c1N. The maximum Gasteiger partial charge on any atom is 0.242 e. The lowest BCUT2D eigenvalue weighted by molar-refractivity contribution is 0.328. The summed E-state index contributed by atoms with van der Waals surface area (Å²) in [5.74, 6) is 1.11. The molecule has 0 amide bonds. The molecule has 1 aromatic heterocycles. The second-order valence-corrected chi connectivity index (χ2v) is 4.43. The van der Waals surface area contributed by atoms with Crippen molar-refractivity contribution < 1.29 is 4.74 Å². The lowest BCUT2D eigenvalue weighted by Gasteiger charge is -2.24. The Morgan fingerprint density at radius 3 is 2.70 bits per heavy atom. The maximum absolute atomic E-state index is 6.13. The molecular formula is C15H20N4O. The van der Waals surface area contributed by atoms with E-state index in [2.05, 4.69) is 35.9 Å². The molecule has 5 heteroatoms. The van der Waals surface area contributed by atoms with Crippen LogP contribution in [-0.2, 0) is 0 Å². The van der Waals surface area contributed by atoms with Crippen molar-refractivity contribution in [3.63, 3.8) is 0 Å². The lowest BCUT2D eigenvalue weighted by atomic mass is 10.2. The lowest BCUT2D eigenvalue weighted by Crippen LogP contribution is -2.19. The number of hydrogen-bond acceptors (Lipinski definition) is 5. The number of aromatic nitrogens is 2. The number of ether oxygens (including phenoxy) is 1. The van der Waals surface area contributed by atoms with Gasteiger partial charge < -0.3 is 15.4 Å². The zero-order chi connectivity index (χ0) is 14.5. The Balaban J connectivity index is 2.44. The fourth-order valence-electron chi connectivity index (χ4n) is 2.09. The number of rotatable bonds is 5. The third-order valence-electron chi connectivity index (χ3n) is 2.99. The number of nitrogen functional groups attached to an aromatic ring is 1. The minimum Gasteiger partial charge on any atom is -0.476 e. The van der Waals surface area contributed by atoms with Crippen molar-refractivity contribution in [3.8, 4) is 5.88 Å². The number of hydrogen-bond donors (Lipinski definition) is 1. The van der Waals surface area contributed by atoms with E-state index in [1.165, 1.54) is 11.9 Å². The standard InChI is InChI=1S/C15H20N4O/c1-4-19(12-8-6-7-11(3)9-12)14-13(16)15(20-5-2)18-10-17-14/h6-10H,4-5,16H2,1-3H3. The molecule has 2 rings (SSSR count). The number of benzene rings is 1. The number of aryl methyl sites for hydroxylation is 1. The molecule has 0 radical (unpaired) electrons. The molecule has 1 aromatic carbocycles. The van der Waals surface area contributed by atoms with Crippen molar-refractivity contribution in [2.75, 3.05) is 23.8 Å². The monoisotopic (exact) mass is 272 g/mol. The molecule has 0 atom stereocenters. The molecule has 0 saturated heterocycles. The van der Waals surface area contributed by atoms with E-state index < -0.39 is 0 Å². The van der Waals surface area contributed by atoms with Crippen molar-refractivity contribution in [3.05, 3.63) is 36.2 Å². The Morgan fingerprint density at radius 1 is 1.25 bits per heavy atom. The molecule has 0 aliphatic heterocycles. The summed E-state index contributed by atoms with van der Waals surface area (Å²) in [6, 6.07) is 8.23. The van der Waals surface area contributed by atoms with Crippen molar-refractivity contribution in [2.24, 2.45) is 0 Å². The molecule has 0 bridgehead atoms. The van der Waals surface area contributed by atoms with E-state index in [9.17, 15) is 0 Å². The van der Waals surface area contributed by atoms with Gasteiger partial charge in [0.2, 0.25) is 5.88 Å². The molecule has 106 valence electrons. The summed E-state index contributed by atoms with van der Waals surface area (Å²) in [7, 11) is 0. The second kappa shape index (κ2) is 6.23. The first-order chi connectivity index (χ1) is 9.67. The summed E-state index contributed by atoms with van der Waals surface area (Å²) >= 11 is 0. The molecular weight excluding hydrogens is 252 g/mol. The Morgan fingerprint density at radius 2 is 2.05 bits per heavy atom. The predicted molar refractivity (Wildman–Crippen MR) is 81.5 cm³/mol. The van der Waals surface area contributed by atoms with E-state index in [1.807, 2.05) is 24.0 Å². The van der Waals surface area contributed by atoms with Gasteiger partial charge in [-0.25, -0.2) is 4.98 Å². The van der Waals surface area contributed by atoms with Crippen molar-refractivity contribution in [2.45, 2.75) is 20.8 Å². The Hall–Kier alpha value is -2.30. The average molecular weight is 272 g/mol. The van der Waals surface area contributed by atoms with Crippen molar-refractivity contribution in [1.29, 1.82) is 0 Å². The first-order valence-electron chi connectivity index (χ1n) is 6.74. The Kier molecular flexibility index (Phi) is 4.40. The summed E-state index contributed by atoms with van der Waals surface area (Å²) < 4.78 is 5.43. The number of nitrogens with zero attached hydrogens (tertiary/aromatic N) is 3. The van der Waals surface area contributed by atoms with Crippen LogP contribution in [0.2, 0.25) is 0 Å². The highest BCUT2D eigenvalue weighted by molar-refractivity contribution is 5.74. The molecule has 5 nitrogen and oxygen atoms in total. The quantitative estimate of drug-likeness (QED) is 0.906. The van der Waals surface area contributed by atoms with E-state index in [-0.39, 0.29) is 0 Å². The Bertz CT molecular complexity index is 586. The third kappa shape index (κ3) is 2.82. The van der Waals surface area contributed by atoms with Crippen LogP contribution in [0.25, 0.3) is 0 Å². The molecule has 2 N–H and O–H groups in total. The highest BCUT2D eigenvalue weighted by atomic mass is 16.5. The fourth-order valence-corrected chi connectivity index (χ4v) is 2.09. The van der Waals surface area contributed by atoms with Crippen LogP contribution in [0.15, 0.2) is 30.6 Å². The van der Waals surface area contributed by atoms with Crippen molar-refractivity contribution >= 4 is 17.2 Å². The molecule has 0 aliphatic carbocycles. The summed E-state index contributed by atoms with van der Waals surface area (Å²) in [5, 5.41) is 0.